The van der Waals surface area contributed by atoms with E-state index in [-0.39, 0.29) is 25.0 Å². The number of ether oxygens (including phenoxy) is 1. The lowest BCUT2D eigenvalue weighted by molar-refractivity contribution is -0.131. The molecule has 5 N–H and O–H groups in total. The zero-order chi connectivity index (χ0) is 24.1. The fourth-order valence-electron chi connectivity index (χ4n) is 4.64. The number of aryl methyl sites for hydroxylation is 1. The normalized spacial score (nSPS) is 20.0. The van der Waals surface area contributed by atoms with Crippen LogP contribution in [0.5, 0.6) is 5.75 Å². The number of hydrogen-bond acceptors (Lipinski definition) is 6. The Bertz CT molecular complexity index is 1190. The maximum Gasteiger partial charge on any atom is 0.255 e. The zero-order valence-electron chi connectivity index (χ0n) is 19.2. The van der Waals surface area contributed by atoms with Crippen molar-refractivity contribution in [2.75, 3.05) is 0 Å². The van der Waals surface area contributed by atoms with E-state index in [1.807, 2.05) is 43.3 Å². The lowest BCUT2D eigenvalue weighted by Crippen LogP contribution is -2.54. The van der Waals surface area contributed by atoms with Gasteiger partial charge in [-0.05, 0) is 56.9 Å². The lowest BCUT2D eigenvalue weighted by atomic mass is 9.77. The molecule has 1 aliphatic carbocycles. The van der Waals surface area contributed by atoms with Gasteiger partial charge in [-0.3, -0.25) is 19.8 Å². The average Bonchev–Trinajstić information content (AvgIpc) is 2.84. The quantitative estimate of drug-likeness (QED) is 0.315. The summed E-state index contributed by atoms with van der Waals surface area (Å²) in [6.45, 7) is 2.22. The van der Waals surface area contributed by atoms with Gasteiger partial charge in [-0.25, -0.2) is 5.48 Å². The van der Waals surface area contributed by atoms with Crippen LogP contribution in [0.25, 0.3) is 10.9 Å². The molecule has 3 aromatic rings. The van der Waals surface area contributed by atoms with Gasteiger partial charge in [0.25, 0.3) is 5.91 Å². The Morgan fingerprint density at radius 3 is 2.62 bits per heavy atom. The van der Waals surface area contributed by atoms with Crippen LogP contribution in [0.1, 0.15) is 53.7 Å². The first-order chi connectivity index (χ1) is 16.4. The van der Waals surface area contributed by atoms with Crippen molar-refractivity contribution in [2.24, 2.45) is 5.73 Å². The number of fused-ring (bicyclic) bond motifs is 1. The third kappa shape index (κ3) is 5.35. The minimum atomic E-state index is -0.773. The molecule has 1 aromatic heterocycles. The van der Waals surface area contributed by atoms with E-state index in [9.17, 15) is 9.59 Å². The van der Waals surface area contributed by atoms with Crippen molar-refractivity contribution in [3.8, 4) is 5.75 Å². The molecule has 2 amide bonds. The van der Waals surface area contributed by atoms with Crippen molar-refractivity contribution >= 4 is 22.7 Å². The standard InChI is InChI=1S/C26H30N4O4/c1-17-14-18(20-6-2-4-8-22(20)28-17)16-34-23-9-5-3-7-21(23)25(32)29-26(15-24(31)30-33)12-10-19(27)11-13-26/h2-9,14,19,33H,10-13,15-16,27H2,1H3,(H,29,32)(H,30,31). The number of aromatic nitrogens is 1. The fourth-order valence-corrected chi connectivity index (χ4v) is 4.64. The second-order valence-electron chi connectivity index (χ2n) is 9.01. The smallest absolute Gasteiger partial charge is 0.255 e. The highest BCUT2D eigenvalue weighted by Gasteiger charge is 2.38. The van der Waals surface area contributed by atoms with Crippen LogP contribution in [-0.4, -0.2) is 33.6 Å². The summed E-state index contributed by atoms with van der Waals surface area (Å²) in [5.41, 5.74) is 10.1. The van der Waals surface area contributed by atoms with Gasteiger partial charge < -0.3 is 15.8 Å². The maximum absolute atomic E-state index is 13.3. The fraction of sp³-hybridized carbons (Fsp3) is 0.346. The Hall–Kier alpha value is -3.49. The molecule has 0 aliphatic heterocycles. The average molecular weight is 463 g/mol. The van der Waals surface area contributed by atoms with Crippen molar-refractivity contribution in [1.29, 1.82) is 0 Å². The van der Waals surface area contributed by atoms with Crippen LogP contribution >= 0.6 is 0 Å². The van der Waals surface area contributed by atoms with Crippen LogP contribution in [0.2, 0.25) is 0 Å². The summed E-state index contributed by atoms with van der Waals surface area (Å²) in [4.78, 5) is 29.9. The van der Waals surface area contributed by atoms with Crippen molar-refractivity contribution in [3.05, 3.63) is 71.4 Å². The number of nitrogens with one attached hydrogen (secondary N) is 2. The van der Waals surface area contributed by atoms with Crippen molar-refractivity contribution < 1.29 is 19.5 Å². The van der Waals surface area contributed by atoms with Gasteiger partial charge in [0, 0.05) is 28.2 Å². The van der Waals surface area contributed by atoms with Crippen LogP contribution in [0.4, 0.5) is 0 Å². The summed E-state index contributed by atoms with van der Waals surface area (Å²) < 4.78 is 6.12. The predicted molar refractivity (Wildman–Crippen MR) is 128 cm³/mol. The number of nitrogens with two attached hydrogens (primary N) is 1. The van der Waals surface area contributed by atoms with Crippen LogP contribution in [0, 0.1) is 6.92 Å². The molecule has 0 radical (unpaired) electrons. The van der Waals surface area contributed by atoms with E-state index in [1.165, 1.54) is 0 Å². The monoisotopic (exact) mass is 462 g/mol. The van der Waals surface area contributed by atoms with Gasteiger partial charge in [0.15, 0.2) is 0 Å². The number of benzene rings is 2. The molecular weight excluding hydrogens is 432 g/mol. The van der Waals surface area contributed by atoms with Gasteiger partial charge >= 0.3 is 0 Å². The first kappa shape index (κ1) is 23.7. The van der Waals surface area contributed by atoms with E-state index < -0.39 is 11.4 Å². The first-order valence-electron chi connectivity index (χ1n) is 11.5. The number of amides is 2. The Morgan fingerprint density at radius 2 is 1.85 bits per heavy atom. The highest BCUT2D eigenvalue weighted by atomic mass is 16.5. The van der Waals surface area contributed by atoms with Gasteiger partial charge in [-0.2, -0.15) is 0 Å². The molecule has 0 spiro atoms. The highest BCUT2D eigenvalue weighted by Crippen LogP contribution is 2.32. The van der Waals surface area contributed by atoms with Gasteiger partial charge in [0.2, 0.25) is 5.91 Å². The molecule has 34 heavy (non-hydrogen) atoms. The minimum absolute atomic E-state index is 0.0206. The Kier molecular flexibility index (Phi) is 7.09. The molecule has 1 heterocycles. The number of carbonyl (C=O) groups excluding carboxylic acids is 2. The van der Waals surface area contributed by atoms with Crippen LogP contribution in [0.15, 0.2) is 54.6 Å². The van der Waals surface area contributed by atoms with E-state index in [1.54, 1.807) is 23.7 Å². The number of para-hydroxylation sites is 2. The lowest BCUT2D eigenvalue weighted by Gasteiger charge is -2.39. The molecule has 1 saturated carbocycles. The molecular formula is C26H30N4O4. The molecule has 8 heteroatoms. The van der Waals surface area contributed by atoms with Gasteiger partial charge in [-0.15, -0.1) is 0 Å². The summed E-state index contributed by atoms with van der Waals surface area (Å²) in [7, 11) is 0. The second-order valence-corrected chi connectivity index (χ2v) is 9.01. The Labute approximate surface area is 198 Å². The molecule has 0 unspecified atom stereocenters. The topological polar surface area (TPSA) is 127 Å². The Morgan fingerprint density at radius 1 is 1.15 bits per heavy atom. The highest BCUT2D eigenvalue weighted by molar-refractivity contribution is 5.97. The second kappa shape index (κ2) is 10.2. The number of pyridine rings is 1. The van der Waals surface area contributed by atoms with E-state index in [2.05, 4.69) is 10.3 Å². The number of nitrogens with zero attached hydrogens (tertiary/aromatic N) is 1. The summed E-state index contributed by atoms with van der Waals surface area (Å²) in [6, 6.07) is 17.0. The zero-order valence-corrected chi connectivity index (χ0v) is 19.2. The largest absolute Gasteiger partial charge is 0.488 e. The maximum atomic E-state index is 13.3. The number of carbonyl (C=O) groups is 2. The number of rotatable bonds is 7. The third-order valence-electron chi connectivity index (χ3n) is 6.43. The predicted octanol–water partition coefficient (Wildman–Crippen LogP) is 3.39. The van der Waals surface area contributed by atoms with Gasteiger partial charge in [0.1, 0.15) is 12.4 Å². The molecule has 0 bridgehead atoms. The SMILES string of the molecule is Cc1cc(COc2ccccc2C(=O)NC2(CC(=O)NO)CCC(N)CC2)c2ccccc2n1. The van der Waals surface area contributed by atoms with E-state index in [0.717, 1.165) is 22.2 Å². The summed E-state index contributed by atoms with van der Waals surface area (Å²) in [5, 5.41) is 13.1. The summed E-state index contributed by atoms with van der Waals surface area (Å²) >= 11 is 0. The van der Waals surface area contributed by atoms with Crippen LogP contribution < -0.4 is 21.3 Å². The molecule has 0 saturated heterocycles. The summed E-state index contributed by atoms with van der Waals surface area (Å²) in [6.07, 6.45) is 2.46. The number of hydroxylamine groups is 1. The molecule has 8 nitrogen and oxygen atoms in total. The van der Waals surface area contributed by atoms with Crippen molar-refractivity contribution in [2.45, 2.75) is 57.2 Å². The molecule has 178 valence electrons. The van der Waals surface area contributed by atoms with Crippen LogP contribution in [0.3, 0.4) is 0 Å². The molecule has 4 rings (SSSR count). The summed E-state index contributed by atoms with van der Waals surface area (Å²) in [5.74, 6) is -0.416. The number of hydrogen-bond donors (Lipinski definition) is 4. The molecule has 1 aliphatic rings. The third-order valence-corrected chi connectivity index (χ3v) is 6.43. The van der Waals surface area contributed by atoms with E-state index in [0.29, 0.717) is 37.0 Å². The van der Waals surface area contributed by atoms with E-state index >= 15 is 0 Å². The first-order valence-corrected chi connectivity index (χ1v) is 11.5. The molecule has 2 aromatic carbocycles. The van der Waals surface area contributed by atoms with E-state index in [4.69, 9.17) is 15.7 Å². The van der Waals surface area contributed by atoms with Crippen molar-refractivity contribution in [3.63, 3.8) is 0 Å². The van der Waals surface area contributed by atoms with Crippen molar-refractivity contribution in [1.82, 2.24) is 15.8 Å². The minimum Gasteiger partial charge on any atom is -0.488 e. The van der Waals surface area contributed by atoms with Crippen LogP contribution in [-0.2, 0) is 11.4 Å². The van der Waals surface area contributed by atoms with Gasteiger partial charge in [0.05, 0.1) is 17.5 Å². The molecule has 0 atom stereocenters. The molecule has 1 fully saturated rings. The van der Waals surface area contributed by atoms with Gasteiger partial charge in [-0.1, -0.05) is 30.3 Å². The Balaban J connectivity index is 1.55.